The zero-order chi connectivity index (χ0) is 15.9. The van der Waals surface area contributed by atoms with E-state index in [0.717, 1.165) is 6.54 Å². The summed E-state index contributed by atoms with van der Waals surface area (Å²) in [4.78, 5) is 12.4. The minimum atomic E-state index is -0.653. The van der Waals surface area contributed by atoms with Crippen LogP contribution in [0.3, 0.4) is 0 Å². The van der Waals surface area contributed by atoms with Crippen LogP contribution in [0.5, 0.6) is 11.5 Å². The molecule has 0 aliphatic carbocycles. The van der Waals surface area contributed by atoms with Crippen LogP contribution in [-0.2, 0) is 4.79 Å². The Morgan fingerprint density at radius 3 is 2.38 bits per heavy atom. The van der Waals surface area contributed by atoms with Crippen molar-refractivity contribution in [2.75, 3.05) is 25.1 Å². The van der Waals surface area contributed by atoms with E-state index in [-0.39, 0.29) is 5.91 Å². The zero-order valence-electron chi connectivity index (χ0n) is 13.6. The van der Waals surface area contributed by atoms with Gasteiger partial charge in [0.15, 0.2) is 0 Å². The Hall–Kier alpha value is -1.75. The summed E-state index contributed by atoms with van der Waals surface area (Å²) < 4.78 is 11.0. The van der Waals surface area contributed by atoms with Crippen LogP contribution < -0.4 is 20.1 Å². The molecule has 0 fully saturated rings. The van der Waals surface area contributed by atoms with Gasteiger partial charge in [0, 0.05) is 6.07 Å². The molecule has 1 rings (SSSR count). The number of carbonyl (C=O) groups is 1. The molecule has 0 radical (unpaired) electrons. The number of hydrogen-bond donors (Lipinski definition) is 2. The minimum Gasteiger partial charge on any atom is -0.494 e. The molecule has 0 aromatic heterocycles. The van der Waals surface area contributed by atoms with Crippen molar-refractivity contribution in [3.8, 4) is 11.5 Å². The molecule has 2 N–H and O–H groups in total. The van der Waals surface area contributed by atoms with E-state index in [1.165, 1.54) is 0 Å². The van der Waals surface area contributed by atoms with Crippen LogP contribution in [0.1, 0.15) is 34.6 Å². The van der Waals surface area contributed by atoms with E-state index < -0.39 is 5.54 Å². The average Bonchev–Trinajstić information content (AvgIpc) is 2.42. The normalized spacial score (nSPS) is 11.1. The summed E-state index contributed by atoms with van der Waals surface area (Å²) in [6.45, 7) is 11.3. The monoisotopic (exact) mass is 294 g/mol. The number of rotatable bonds is 8. The van der Waals surface area contributed by atoms with Gasteiger partial charge in [0.25, 0.3) is 0 Å². The molecule has 5 heteroatoms. The van der Waals surface area contributed by atoms with E-state index >= 15 is 0 Å². The van der Waals surface area contributed by atoms with Gasteiger partial charge in [-0.2, -0.15) is 0 Å². The predicted molar refractivity (Wildman–Crippen MR) is 85.2 cm³/mol. The van der Waals surface area contributed by atoms with Crippen LogP contribution in [0.25, 0.3) is 0 Å². The van der Waals surface area contributed by atoms with Gasteiger partial charge < -0.3 is 20.1 Å². The average molecular weight is 294 g/mol. The van der Waals surface area contributed by atoms with Gasteiger partial charge >= 0.3 is 0 Å². The molecule has 1 aromatic rings. The highest BCUT2D eigenvalue weighted by molar-refractivity contribution is 5.98. The Labute approximate surface area is 127 Å². The van der Waals surface area contributed by atoms with Gasteiger partial charge in [0.05, 0.1) is 24.4 Å². The number of amides is 1. The molecule has 0 atom stereocenters. The summed E-state index contributed by atoms with van der Waals surface area (Å²) in [6, 6.07) is 5.43. The Balaban J connectivity index is 2.97. The standard InChI is InChI=1S/C16H26N2O3/c1-6-17-16(4,5)15(19)18-13-11-12(20-7-2)9-10-14(13)21-8-3/h9-11,17H,6-8H2,1-5H3,(H,18,19). The van der Waals surface area contributed by atoms with Gasteiger partial charge in [-0.1, -0.05) is 6.92 Å². The van der Waals surface area contributed by atoms with E-state index in [0.29, 0.717) is 30.4 Å². The number of hydrogen-bond acceptors (Lipinski definition) is 4. The van der Waals surface area contributed by atoms with Crippen molar-refractivity contribution in [3.05, 3.63) is 18.2 Å². The largest absolute Gasteiger partial charge is 0.494 e. The van der Waals surface area contributed by atoms with Crippen LogP contribution in [0.4, 0.5) is 5.69 Å². The van der Waals surface area contributed by atoms with E-state index in [1.807, 2.05) is 46.8 Å². The maximum atomic E-state index is 12.4. The molecular formula is C16H26N2O3. The fourth-order valence-corrected chi connectivity index (χ4v) is 1.95. The van der Waals surface area contributed by atoms with E-state index in [2.05, 4.69) is 10.6 Å². The molecule has 0 aliphatic heterocycles. The van der Waals surface area contributed by atoms with Crippen molar-refractivity contribution in [3.63, 3.8) is 0 Å². The third-order valence-corrected chi connectivity index (χ3v) is 3.00. The van der Waals surface area contributed by atoms with Gasteiger partial charge in [0.1, 0.15) is 11.5 Å². The number of ether oxygens (including phenoxy) is 2. The first-order chi connectivity index (χ1) is 9.94. The summed E-state index contributed by atoms with van der Waals surface area (Å²) in [5, 5.41) is 6.06. The maximum Gasteiger partial charge on any atom is 0.244 e. The summed E-state index contributed by atoms with van der Waals surface area (Å²) in [5.74, 6) is 1.23. The SMILES string of the molecule is CCNC(C)(C)C(=O)Nc1cc(OCC)ccc1OCC. The van der Waals surface area contributed by atoms with Crippen LogP contribution in [0, 0.1) is 0 Å². The third kappa shape index (κ3) is 4.93. The molecule has 0 aliphatic rings. The fourth-order valence-electron chi connectivity index (χ4n) is 1.95. The molecular weight excluding hydrogens is 268 g/mol. The quantitative estimate of drug-likeness (QED) is 0.774. The highest BCUT2D eigenvalue weighted by Crippen LogP contribution is 2.30. The van der Waals surface area contributed by atoms with Crippen LogP contribution >= 0.6 is 0 Å². The van der Waals surface area contributed by atoms with E-state index in [4.69, 9.17) is 9.47 Å². The zero-order valence-corrected chi connectivity index (χ0v) is 13.6. The molecule has 0 spiro atoms. The van der Waals surface area contributed by atoms with Crippen LogP contribution in [0.15, 0.2) is 18.2 Å². The summed E-state index contributed by atoms with van der Waals surface area (Å²) in [5.41, 5.74) is -0.0291. The van der Waals surface area contributed by atoms with E-state index in [1.54, 1.807) is 6.07 Å². The van der Waals surface area contributed by atoms with Crippen molar-refractivity contribution < 1.29 is 14.3 Å². The lowest BCUT2D eigenvalue weighted by atomic mass is 10.0. The second-order valence-corrected chi connectivity index (χ2v) is 5.13. The molecule has 21 heavy (non-hydrogen) atoms. The number of benzene rings is 1. The first kappa shape index (κ1) is 17.3. The Kier molecular flexibility index (Phi) is 6.49. The number of likely N-dealkylation sites (N-methyl/N-ethyl adjacent to an activating group) is 1. The Bertz CT molecular complexity index is 473. The van der Waals surface area contributed by atoms with Crippen molar-refractivity contribution in [1.82, 2.24) is 5.32 Å². The van der Waals surface area contributed by atoms with Gasteiger partial charge in [-0.05, 0) is 46.4 Å². The highest BCUT2D eigenvalue weighted by Gasteiger charge is 2.27. The predicted octanol–water partition coefficient (Wildman–Crippen LogP) is 2.81. The lowest BCUT2D eigenvalue weighted by Crippen LogP contribution is -2.49. The molecule has 0 heterocycles. The summed E-state index contributed by atoms with van der Waals surface area (Å²) >= 11 is 0. The topological polar surface area (TPSA) is 59.6 Å². The number of nitrogens with one attached hydrogen (secondary N) is 2. The van der Waals surface area contributed by atoms with Crippen LogP contribution in [0.2, 0.25) is 0 Å². The van der Waals surface area contributed by atoms with Gasteiger partial charge in [-0.15, -0.1) is 0 Å². The van der Waals surface area contributed by atoms with Crippen molar-refractivity contribution in [1.29, 1.82) is 0 Å². The summed E-state index contributed by atoms with van der Waals surface area (Å²) in [7, 11) is 0. The van der Waals surface area contributed by atoms with E-state index in [9.17, 15) is 4.79 Å². The Morgan fingerprint density at radius 2 is 1.81 bits per heavy atom. The Morgan fingerprint density at radius 1 is 1.14 bits per heavy atom. The molecule has 118 valence electrons. The second-order valence-electron chi connectivity index (χ2n) is 5.13. The first-order valence-corrected chi connectivity index (χ1v) is 7.40. The lowest BCUT2D eigenvalue weighted by Gasteiger charge is -2.25. The molecule has 0 unspecified atom stereocenters. The first-order valence-electron chi connectivity index (χ1n) is 7.40. The lowest BCUT2D eigenvalue weighted by molar-refractivity contribution is -0.121. The number of carbonyl (C=O) groups excluding carboxylic acids is 1. The molecule has 0 saturated heterocycles. The smallest absolute Gasteiger partial charge is 0.244 e. The van der Waals surface area contributed by atoms with Crippen molar-refractivity contribution in [2.45, 2.75) is 40.2 Å². The van der Waals surface area contributed by atoms with Crippen molar-refractivity contribution in [2.24, 2.45) is 0 Å². The van der Waals surface area contributed by atoms with Gasteiger partial charge in [-0.3, -0.25) is 4.79 Å². The maximum absolute atomic E-state index is 12.4. The number of anilines is 1. The van der Waals surface area contributed by atoms with Gasteiger partial charge in [-0.25, -0.2) is 0 Å². The second kappa shape index (κ2) is 7.88. The summed E-state index contributed by atoms with van der Waals surface area (Å²) in [6.07, 6.45) is 0. The van der Waals surface area contributed by atoms with Crippen molar-refractivity contribution >= 4 is 11.6 Å². The third-order valence-electron chi connectivity index (χ3n) is 3.00. The molecule has 1 amide bonds. The molecule has 5 nitrogen and oxygen atoms in total. The highest BCUT2D eigenvalue weighted by atomic mass is 16.5. The molecule has 0 bridgehead atoms. The fraction of sp³-hybridized carbons (Fsp3) is 0.562. The molecule has 1 aromatic carbocycles. The van der Waals surface area contributed by atoms with Gasteiger partial charge in [0.2, 0.25) is 5.91 Å². The molecule has 0 saturated carbocycles. The minimum absolute atomic E-state index is 0.112. The van der Waals surface area contributed by atoms with Crippen LogP contribution in [-0.4, -0.2) is 31.2 Å².